The summed E-state index contributed by atoms with van der Waals surface area (Å²) in [5.41, 5.74) is 0. The van der Waals surface area contributed by atoms with E-state index in [2.05, 4.69) is 15.0 Å². The fourth-order valence-corrected chi connectivity index (χ4v) is 4.08. The van der Waals surface area contributed by atoms with Gasteiger partial charge in [-0.3, -0.25) is 9.69 Å². The number of carbonyl (C=O) groups excluding carboxylic acids is 1. The van der Waals surface area contributed by atoms with E-state index < -0.39 is 0 Å². The van der Waals surface area contributed by atoms with Crippen LogP contribution in [0.2, 0.25) is 0 Å². The lowest BCUT2D eigenvalue weighted by atomic mass is 10.0. The summed E-state index contributed by atoms with van der Waals surface area (Å²) in [6, 6.07) is 0. The smallest absolute Gasteiger partial charge is 0.236 e. The highest BCUT2D eigenvalue weighted by Gasteiger charge is 2.42. The molecule has 23 heavy (non-hydrogen) atoms. The summed E-state index contributed by atoms with van der Waals surface area (Å²) in [5.74, 6) is 2.13. The number of rotatable bonds is 4. The van der Waals surface area contributed by atoms with Gasteiger partial charge >= 0.3 is 0 Å². The monoisotopic (exact) mass is 320 g/mol. The summed E-state index contributed by atoms with van der Waals surface area (Å²) >= 11 is 0. The molecule has 3 aliphatic rings. The quantitative estimate of drug-likeness (QED) is 0.810. The first-order valence-corrected chi connectivity index (χ1v) is 8.62. The largest absolute Gasteiger partial charge is 0.373 e. The van der Waals surface area contributed by atoms with Gasteiger partial charge in [-0.2, -0.15) is 4.98 Å². The molecule has 0 bridgehead atoms. The molecule has 0 spiro atoms. The number of nitrogens with zero attached hydrogens (tertiary/aromatic N) is 4. The zero-order valence-electron chi connectivity index (χ0n) is 13.6. The number of aryl methyl sites for hydroxylation is 1. The molecule has 3 fully saturated rings. The van der Waals surface area contributed by atoms with Crippen LogP contribution in [0.25, 0.3) is 0 Å². The van der Waals surface area contributed by atoms with Crippen molar-refractivity contribution in [2.24, 2.45) is 5.92 Å². The van der Waals surface area contributed by atoms with E-state index >= 15 is 0 Å². The standard InChI is InChI=1S/C16H24N4O3/c1-11-17-15(23-18-11)7-13-6-12-8-19(9-14(12)22-13)10-16(21)20-4-2-3-5-20/h12-14H,2-10H2,1H3/t12-,13-,14+/m0/s1. The van der Waals surface area contributed by atoms with Gasteiger partial charge in [0.1, 0.15) is 0 Å². The molecule has 1 amide bonds. The Bertz CT molecular complexity index is 555. The highest BCUT2D eigenvalue weighted by Crippen LogP contribution is 2.34. The highest BCUT2D eigenvalue weighted by molar-refractivity contribution is 5.78. The van der Waals surface area contributed by atoms with Gasteiger partial charge in [-0.15, -0.1) is 0 Å². The third-order valence-electron chi connectivity index (χ3n) is 5.18. The first-order valence-electron chi connectivity index (χ1n) is 8.62. The number of aromatic nitrogens is 2. The summed E-state index contributed by atoms with van der Waals surface area (Å²) in [7, 11) is 0. The van der Waals surface area contributed by atoms with Crippen LogP contribution in [0.3, 0.4) is 0 Å². The van der Waals surface area contributed by atoms with Crippen LogP contribution in [0.5, 0.6) is 0 Å². The van der Waals surface area contributed by atoms with Crippen LogP contribution in [0.4, 0.5) is 0 Å². The summed E-state index contributed by atoms with van der Waals surface area (Å²) < 4.78 is 11.3. The van der Waals surface area contributed by atoms with Crippen molar-refractivity contribution in [2.75, 3.05) is 32.7 Å². The Kier molecular flexibility index (Phi) is 4.07. The number of fused-ring (bicyclic) bond motifs is 1. The minimum atomic E-state index is 0.168. The third kappa shape index (κ3) is 3.26. The molecule has 7 heteroatoms. The maximum absolute atomic E-state index is 12.2. The molecule has 0 aromatic carbocycles. The van der Waals surface area contributed by atoms with Gasteiger partial charge in [-0.25, -0.2) is 0 Å². The molecule has 0 aliphatic carbocycles. The van der Waals surface area contributed by atoms with Gasteiger partial charge in [-0.05, 0) is 26.2 Å². The SMILES string of the molecule is Cc1noc(C[C@@H]2C[C@H]3CN(CC(=O)N4CCCC4)C[C@H]3O2)n1. The number of hydrogen-bond donors (Lipinski definition) is 0. The zero-order chi connectivity index (χ0) is 15.8. The molecule has 4 rings (SSSR count). The molecule has 0 N–H and O–H groups in total. The van der Waals surface area contributed by atoms with E-state index in [0.717, 1.165) is 45.4 Å². The first kappa shape index (κ1) is 15.1. The molecule has 7 nitrogen and oxygen atoms in total. The summed E-state index contributed by atoms with van der Waals surface area (Å²) in [6.07, 6.45) is 4.42. The van der Waals surface area contributed by atoms with Gasteiger partial charge in [0.15, 0.2) is 5.82 Å². The van der Waals surface area contributed by atoms with Crippen molar-refractivity contribution in [1.82, 2.24) is 19.9 Å². The molecular weight excluding hydrogens is 296 g/mol. The van der Waals surface area contributed by atoms with Crippen LogP contribution in [0.15, 0.2) is 4.52 Å². The lowest BCUT2D eigenvalue weighted by molar-refractivity contribution is -0.131. The van der Waals surface area contributed by atoms with Crippen LogP contribution >= 0.6 is 0 Å². The van der Waals surface area contributed by atoms with Crippen molar-refractivity contribution in [2.45, 2.75) is 44.8 Å². The molecule has 0 saturated carbocycles. The number of carbonyl (C=O) groups is 1. The van der Waals surface area contributed by atoms with E-state index in [0.29, 0.717) is 30.6 Å². The average Bonchev–Trinajstić information content (AvgIpc) is 3.23. The Hall–Kier alpha value is -1.47. The van der Waals surface area contributed by atoms with Crippen LogP contribution in [-0.2, 0) is 16.0 Å². The van der Waals surface area contributed by atoms with Crippen LogP contribution in [0.1, 0.15) is 31.0 Å². The van der Waals surface area contributed by atoms with Gasteiger partial charge in [-0.1, -0.05) is 5.16 Å². The van der Waals surface area contributed by atoms with Crippen molar-refractivity contribution < 1.29 is 14.1 Å². The lowest BCUT2D eigenvalue weighted by Crippen LogP contribution is -2.39. The van der Waals surface area contributed by atoms with E-state index in [-0.39, 0.29) is 18.1 Å². The lowest BCUT2D eigenvalue weighted by Gasteiger charge is -2.22. The molecular formula is C16H24N4O3. The summed E-state index contributed by atoms with van der Waals surface area (Å²) in [4.78, 5) is 20.7. The second-order valence-corrected chi connectivity index (χ2v) is 7.01. The van der Waals surface area contributed by atoms with Gasteiger partial charge in [0.05, 0.1) is 25.2 Å². The molecule has 126 valence electrons. The Balaban J connectivity index is 1.25. The Labute approximate surface area is 136 Å². The second kappa shape index (κ2) is 6.20. The Morgan fingerprint density at radius 2 is 2.13 bits per heavy atom. The Morgan fingerprint density at radius 1 is 1.30 bits per heavy atom. The number of ether oxygens (including phenoxy) is 1. The Morgan fingerprint density at radius 3 is 2.83 bits per heavy atom. The second-order valence-electron chi connectivity index (χ2n) is 7.01. The summed E-state index contributed by atoms with van der Waals surface area (Å²) in [6.45, 7) is 6.06. The van der Waals surface area contributed by atoms with Crippen molar-refractivity contribution in [3.8, 4) is 0 Å². The minimum absolute atomic E-state index is 0.168. The van der Waals surface area contributed by atoms with E-state index in [1.54, 1.807) is 0 Å². The van der Waals surface area contributed by atoms with Gasteiger partial charge in [0, 0.05) is 32.1 Å². The fourth-order valence-electron chi connectivity index (χ4n) is 4.08. The van der Waals surface area contributed by atoms with E-state index in [1.165, 1.54) is 0 Å². The maximum Gasteiger partial charge on any atom is 0.236 e. The van der Waals surface area contributed by atoms with Crippen LogP contribution in [0, 0.1) is 12.8 Å². The number of hydrogen-bond acceptors (Lipinski definition) is 6. The molecule has 0 radical (unpaired) electrons. The zero-order valence-corrected chi connectivity index (χ0v) is 13.6. The van der Waals surface area contributed by atoms with Crippen molar-refractivity contribution in [1.29, 1.82) is 0 Å². The maximum atomic E-state index is 12.2. The molecule has 3 aliphatic heterocycles. The molecule has 3 atom stereocenters. The molecule has 0 unspecified atom stereocenters. The molecule has 4 heterocycles. The average molecular weight is 320 g/mol. The van der Waals surface area contributed by atoms with Gasteiger partial charge in [0.2, 0.25) is 11.8 Å². The third-order valence-corrected chi connectivity index (χ3v) is 5.18. The van der Waals surface area contributed by atoms with Gasteiger partial charge < -0.3 is 14.2 Å². The van der Waals surface area contributed by atoms with Crippen molar-refractivity contribution >= 4 is 5.91 Å². The van der Waals surface area contributed by atoms with Gasteiger partial charge in [0.25, 0.3) is 0 Å². The van der Waals surface area contributed by atoms with E-state index in [4.69, 9.17) is 9.26 Å². The predicted octanol–water partition coefficient (Wildman–Crippen LogP) is 0.632. The van der Waals surface area contributed by atoms with E-state index in [1.807, 2.05) is 11.8 Å². The normalized spacial score (nSPS) is 31.0. The molecule has 1 aromatic heterocycles. The molecule has 1 aromatic rings. The number of amides is 1. The number of likely N-dealkylation sites (tertiary alicyclic amines) is 2. The fraction of sp³-hybridized carbons (Fsp3) is 0.812. The van der Waals surface area contributed by atoms with Crippen molar-refractivity contribution in [3.05, 3.63) is 11.7 Å². The topological polar surface area (TPSA) is 71.7 Å². The van der Waals surface area contributed by atoms with Crippen molar-refractivity contribution in [3.63, 3.8) is 0 Å². The minimum Gasteiger partial charge on any atom is -0.373 e. The van der Waals surface area contributed by atoms with Crippen LogP contribution in [-0.4, -0.2) is 70.8 Å². The van der Waals surface area contributed by atoms with Crippen LogP contribution < -0.4 is 0 Å². The predicted molar refractivity (Wildman–Crippen MR) is 81.8 cm³/mol. The van der Waals surface area contributed by atoms with E-state index in [9.17, 15) is 4.79 Å². The molecule has 3 saturated heterocycles. The highest BCUT2D eigenvalue weighted by atomic mass is 16.5. The first-order chi connectivity index (χ1) is 11.2. The summed E-state index contributed by atoms with van der Waals surface area (Å²) in [5, 5.41) is 3.82.